The Morgan fingerprint density at radius 1 is 1.25 bits per heavy atom. The summed E-state index contributed by atoms with van der Waals surface area (Å²) in [6, 6.07) is 3.80. The molecule has 0 unspecified atom stereocenters. The van der Waals surface area contributed by atoms with Gasteiger partial charge in [-0.15, -0.1) is 0 Å². The van der Waals surface area contributed by atoms with E-state index in [4.69, 9.17) is 4.74 Å². The Morgan fingerprint density at radius 3 is 2.50 bits per heavy atom. The molecule has 4 atom stereocenters. The fraction of sp³-hybridized carbons (Fsp3) is 0.667. The van der Waals surface area contributed by atoms with Gasteiger partial charge in [-0.05, 0) is 57.8 Å². The number of hydrogen-bond acceptors (Lipinski definition) is 4. The monoisotopic (exact) mass is 333 g/mol. The van der Waals surface area contributed by atoms with E-state index in [-0.39, 0.29) is 23.1 Å². The molecule has 1 N–H and O–H groups in total. The summed E-state index contributed by atoms with van der Waals surface area (Å²) in [4.78, 5) is 31.6. The summed E-state index contributed by atoms with van der Waals surface area (Å²) >= 11 is 0. The minimum absolute atomic E-state index is 0.152. The van der Waals surface area contributed by atoms with Crippen molar-refractivity contribution in [1.82, 2.24) is 14.8 Å². The van der Waals surface area contributed by atoms with Gasteiger partial charge in [0.15, 0.2) is 0 Å². The maximum absolute atomic E-state index is 12.8. The van der Waals surface area contributed by atoms with E-state index in [1.165, 1.54) is 0 Å². The molecule has 3 rings (SSSR count). The number of hydrogen-bond donors (Lipinski definition) is 1. The standard InChI is InChI=1S/C18H27N3O3/c1-11-5-6-14(17(22)19-11)18(23)21-9-12-7-15(20(2)3)16(24-4)8-13(12)10-21/h5-6,12-13,15-16H,7-10H2,1-4H3,(H,19,22)/t12-,13+,15-,16-/m1/s1. The molecule has 2 heterocycles. The lowest BCUT2D eigenvalue weighted by Gasteiger charge is -2.40. The molecule has 6 heteroatoms. The van der Waals surface area contributed by atoms with Crippen molar-refractivity contribution in [3.05, 3.63) is 33.7 Å². The summed E-state index contributed by atoms with van der Waals surface area (Å²) in [5.41, 5.74) is 0.714. The van der Waals surface area contributed by atoms with Crippen LogP contribution in [0.3, 0.4) is 0 Å². The van der Waals surface area contributed by atoms with Crippen molar-refractivity contribution >= 4 is 5.91 Å². The number of nitrogens with one attached hydrogen (secondary N) is 1. The Hall–Kier alpha value is -1.66. The zero-order chi connectivity index (χ0) is 17.4. The van der Waals surface area contributed by atoms with Gasteiger partial charge in [-0.2, -0.15) is 0 Å². The van der Waals surface area contributed by atoms with E-state index >= 15 is 0 Å². The molecule has 0 aromatic carbocycles. The zero-order valence-electron chi connectivity index (χ0n) is 14.9. The number of carbonyl (C=O) groups excluding carboxylic acids is 1. The van der Waals surface area contributed by atoms with Gasteiger partial charge in [-0.3, -0.25) is 9.59 Å². The highest BCUT2D eigenvalue weighted by atomic mass is 16.5. The minimum Gasteiger partial charge on any atom is -0.380 e. The Morgan fingerprint density at radius 2 is 1.92 bits per heavy atom. The quantitative estimate of drug-likeness (QED) is 0.900. The van der Waals surface area contributed by atoms with Crippen LogP contribution in [0.25, 0.3) is 0 Å². The number of aryl methyl sites for hydroxylation is 1. The first-order chi connectivity index (χ1) is 11.4. The average Bonchev–Trinajstić information content (AvgIpc) is 2.95. The van der Waals surface area contributed by atoms with Crippen LogP contribution >= 0.6 is 0 Å². The number of nitrogens with zero attached hydrogens (tertiary/aromatic N) is 2. The SMILES string of the molecule is CO[C@@H]1C[C@H]2CN(C(=O)c3ccc(C)[nH]c3=O)C[C@H]2C[C@H]1N(C)C. The average molecular weight is 333 g/mol. The first-order valence-corrected chi connectivity index (χ1v) is 8.59. The van der Waals surface area contributed by atoms with Crippen LogP contribution in [0.4, 0.5) is 0 Å². The molecule has 1 aromatic heterocycles. The highest BCUT2D eigenvalue weighted by Crippen LogP contribution is 2.39. The molecule has 6 nitrogen and oxygen atoms in total. The van der Waals surface area contributed by atoms with Gasteiger partial charge >= 0.3 is 0 Å². The lowest BCUT2D eigenvalue weighted by molar-refractivity contribution is -0.0209. The number of amides is 1. The van der Waals surface area contributed by atoms with Crippen molar-refractivity contribution < 1.29 is 9.53 Å². The molecule has 0 bridgehead atoms. The van der Waals surface area contributed by atoms with Crippen molar-refractivity contribution in [2.24, 2.45) is 11.8 Å². The van der Waals surface area contributed by atoms with E-state index in [0.717, 1.165) is 31.6 Å². The second kappa shape index (κ2) is 6.69. The predicted molar refractivity (Wildman–Crippen MR) is 92.2 cm³/mol. The Kier molecular flexibility index (Phi) is 4.78. The summed E-state index contributed by atoms with van der Waals surface area (Å²) in [5.74, 6) is 0.790. The molecule has 1 aliphatic heterocycles. The largest absolute Gasteiger partial charge is 0.380 e. The molecule has 24 heavy (non-hydrogen) atoms. The normalized spacial score (nSPS) is 29.8. The van der Waals surface area contributed by atoms with Gasteiger partial charge in [-0.25, -0.2) is 0 Å². The number of fused-ring (bicyclic) bond motifs is 1. The molecule has 0 spiro atoms. The van der Waals surface area contributed by atoms with Crippen molar-refractivity contribution in [2.75, 3.05) is 34.3 Å². The number of rotatable bonds is 3. The van der Waals surface area contributed by atoms with Crippen molar-refractivity contribution in [3.63, 3.8) is 0 Å². The summed E-state index contributed by atoms with van der Waals surface area (Å²) in [7, 11) is 5.94. The fourth-order valence-electron chi connectivity index (χ4n) is 4.26. The first-order valence-electron chi connectivity index (χ1n) is 8.59. The van der Waals surface area contributed by atoms with Gasteiger partial charge in [0, 0.05) is 31.9 Å². The van der Waals surface area contributed by atoms with Gasteiger partial charge in [0.1, 0.15) is 5.56 Å². The Labute approximate surface area is 142 Å². The zero-order valence-corrected chi connectivity index (χ0v) is 14.9. The van der Waals surface area contributed by atoms with Gasteiger partial charge in [0.2, 0.25) is 0 Å². The Balaban J connectivity index is 1.75. The molecular formula is C18H27N3O3. The van der Waals surface area contributed by atoms with Crippen LogP contribution in [0.15, 0.2) is 16.9 Å². The third kappa shape index (κ3) is 3.13. The number of ether oxygens (including phenoxy) is 1. The second-order valence-corrected chi connectivity index (χ2v) is 7.39. The van der Waals surface area contributed by atoms with Crippen molar-refractivity contribution in [3.8, 4) is 0 Å². The fourth-order valence-corrected chi connectivity index (χ4v) is 4.26. The molecule has 0 radical (unpaired) electrons. The van der Waals surface area contributed by atoms with Crippen LogP contribution in [0, 0.1) is 18.8 Å². The lowest BCUT2D eigenvalue weighted by Crippen LogP contribution is -2.47. The van der Waals surface area contributed by atoms with Gasteiger partial charge in [0.05, 0.1) is 6.10 Å². The van der Waals surface area contributed by atoms with Gasteiger partial charge < -0.3 is 19.5 Å². The Bertz CT molecular complexity index is 670. The predicted octanol–water partition coefficient (Wildman–Crippen LogP) is 1.11. The number of likely N-dealkylation sites (tertiary alicyclic amines) is 1. The third-order valence-electron chi connectivity index (χ3n) is 5.62. The van der Waals surface area contributed by atoms with Crippen LogP contribution in [0.2, 0.25) is 0 Å². The maximum atomic E-state index is 12.8. The number of aromatic nitrogens is 1. The number of methoxy groups -OCH3 is 1. The minimum atomic E-state index is -0.296. The van der Waals surface area contributed by atoms with Gasteiger partial charge in [0.25, 0.3) is 11.5 Å². The van der Waals surface area contributed by atoms with Crippen LogP contribution < -0.4 is 5.56 Å². The molecule has 1 saturated carbocycles. The molecule has 1 amide bonds. The van der Waals surface area contributed by atoms with E-state index in [2.05, 4.69) is 24.0 Å². The molecule has 1 saturated heterocycles. The van der Waals surface area contributed by atoms with E-state index in [1.54, 1.807) is 19.2 Å². The van der Waals surface area contributed by atoms with E-state index < -0.39 is 0 Å². The summed E-state index contributed by atoms with van der Waals surface area (Å²) in [5, 5.41) is 0. The van der Waals surface area contributed by atoms with Crippen molar-refractivity contribution in [1.29, 1.82) is 0 Å². The van der Waals surface area contributed by atoms with Gasteiger partial charge in [-0.1, -0.05) is 0 Å². The molecule has 1 aliphatic carbocycles. The van der Waals surface area contributed by atoms with E-state index in [9.17, 15) is 9.59 Å². The number of pyridine rings is 1. The van der Waals surface area contributed by atoms with Crippen LogP contribution in [0.1, 0.15) is 28.9 Å². The van der Waals surface area contributed by atoms with Crippen LogP contribution in [-0.2, 0) is 4.74 Å². The molecule has 2 aliphatic rings. The summed E-state index contributed by atoms with van der Waals surface area (Å²) in [6.07, 6.45) is 2.21. The topological polar surface area (TPSA) is 65.6 Å². The number of aromatic amines is 1. The summed E-state index contributed by atoms with van der Waals surface area (Å²) < 4.78 is 5.69. The number of carbonyl (C=O) groups is 1. The molecular weight excluding hydrogens is 306 g/mol. The van der Waals surface area contributed by atoms with Crippen LogP contribution in [0.5, 0.6) is 0 Å². The summed E-state index contributed by atoms with van der Waals surface area (Å²) in [6.45, 7) is 3.26. The molecule has 132 valence electrons. The third-order valence-corrected chi connectivity index (χ3v) is 5.62. The molecule has 1 aromatic rings. The lowest BCUT2D eigenvalue weighted by atomic mass is 9.77. The first kappa shape index (κ1) is 17.2. The second-order valence-electron chi connectivity index (χ2n) is 7.39. The number of likely N-dealkylation sites (N-methyl/N-ethyl adjacent to an activating group) is 1. The highest BCUT2D eigenvalue weighted by Gasteiger charge is 2.44. The highest BCUT2D eigenvalue weighted by molar-refractivity contribution is 5.94. The van der Waals surface area contributed by atoms with E-state index in [1.807, 2.05) is 11.8 Å². The smallest absolute Gasteiger partial charge is 0.260 e. The van der Waals surface area contributed by atoms with E-state index in [0.29, 0.717) is 17.9 Å². The maximum Gasteiger partial charge on any atom is 0.260 e. The van der Waals surface area contributed by atoms with Crippen LogP contribution in [-0.4, -0.2) is 67.1 Å². The number of H-pyrrole nitrogens is 1. The van der Waals surface area contributed by atoms with Crippen molar-refractivity contribution in [2.45, 2.75) is 31.9 Å². The molecule has 2 fully saturated rings.